The third-order valence-corrected chi connectivity index (χ3v) is 46.2. The minimum atomic E-state index is -1.97. The molecule has 2 aromatic rings. The van der Waals surface area contributed by atoms with Gasteiger partial charge < -0.3 is 24.8 Å². The number of rotatable bonds is 4. The fourth-order valence-electron chi connectivity index (χ4n) is 4.85. The van der Waals surface area contributed by atoms with Crippen molar-refractivity contribution in [1.29, 1.82) is 0 Å². The van der Waals surface area contributed by atoms with E-state index in [1.807, 2.05) is 6.66 Å². The van der Waals surface area contributed by atoms with E-state index in [0.717, 1.165) is 0 Å². The van der Waals surface area contributed by atoms with Gasteiger partial charge >= 0.3 is 192 Å². The Balaban J connectivity index is 0.00000181. The van der Waals surface area contributed by atoms with Crippen molar-refractivity contribution in [3.63, 3.8) is 0 Å². The first-order chi connectivity index (χ1) is 14.4. The Morgan fingerprint density at radius 1 is 0.594 bits per heavy atom. The number of hydrogen-bond donors (Lipinski definition) is 0. The average molecular weight is 691 g/mol. The second-order valence-electron chi connectivity index (χ2n) is 8.96. The molecule has 0 heterocycles. The monoisotopic (exact) mass is 692 g/mol. The molecule has 0 atom stereocenters. The van der Waals surface area contributed by atoms with E-state index in [1.165, 1.54) is 46.2 Å². The van der Waals surface area contributed by atoms with E-state index < -0.39 is 28.4 Å². The van der Waals surface area contributed by atoms with Gasteiger partial charge in [-0.25, -0.2) is 0 Å². The average Bonchev–Trinajstić information content (AvgIpc) is 3.27. The molecule has 2 aliphatic carbocycles. The zero-order valence-corrected chi connectivity index (χ0v) is 27.1. The van der Waals surface area contributed by atoms with Crippen molar-refractivity contribution in [3.8, 4) is 0 Å². The minimum Gasteiger partial charge on any atom is -1.00 e. The van der Waals surface area contributed by atoms with Crippen LogP contribution in [0.25, 0.3) is 11.1 Å². The third-order valence-electron chi connectivity index (χ3n) is 6.56. The molecule has 0 N–H and O–H groups in total. The van der Waals surface area contributed by atoms with Crippen LogP contribution < -0.4 is 24.8 Å². The fraction of sp³-hybridized carbons (Fsp3) is 0.286. The number of allylic oxidation sites excluding steroid dienone is 8. The largest absolute Gasteiger partial charge is 1.00 e. The summed E-state index contributed by atoms with van der Waals surface area (Å²) in [6, 6.07) is 18.3. The zero-order valence-electron chi connectivity index (χ0n) is 19.9. The summed E-state index contributed by atoms with van der Waals surface area (Å²) in [6.07, 6.45) is 7.48. The minimum absolute atomic E-state index is 0. The van der Waals surface area contributed by atoms with Crippen LogP contribution in [0.1, 0.15) is 48.9 Å². The van der Waals surface area contributed by atoms with Crippen molar-refractivity contribution in [1.82, 2.24) is 0 Å². The molecule has 0 spiro atoms. The molecule has 2 aliphatic rings. The van der Waals surface area contributed by atoms with Crippen LogP contribution in [0.3, 0.4) is 0 Å². The Kier molecular flexibility index (Phi) is 10.1. The first-order valence-corrected chi connectivity index (χ1v) is 29.2. The molecule has 166 valence electrons. The van der Waals surface area contributed by atoms with E-state index >= 15 is 0 Å². The first-order valence-electron chi connectivity index (χ1n) is 11.0. The molecule has 2 aromatic carbocycles. The van der Waals surface area contributed by atoms with Crippen LogP contribution in [0, 0.1) is 13.8 Å². The standard InChI is InChI=1S/2C13H13.C2H6Ge.2ClH.Hf/c2*1-10-6-8-12(9-7-10)13-5-3-4-11(13)2;1-3-2;;;/h2*5-9H,3H2,1-2H3;1-2H3;2*1H;/q;;;;;+2/p-2. The van der Waals surface area contributed by atoms with E-state index in [9.17, 15) is 0 Å². The molecule has 0 aliphatic heterocycles. The maximum Gasteiger partial charge on any atom is -1.00 e. The molecule has 0 radical (unpaired) electrons. The summed E-state index contributed by atoms with van der Waals surface area (Å²) in [5.41, 5.74) is 11.8. The van der Waals surface area contributed by atoms with Crippen molar-refractivity contribution in [2.45, 2.75) is 52.0 Å². The van der Waals surface area contributed by atoms with E-state index in [-0.39, 0.29) is 24.8 Å². The van der Waals surface area contributed by atoms with Crippen LogP contribution in [-0.4, -0.2) is 10.1 Å². The van der Waals surface area contributed by atoms with Gasteiger partial charge in [-0.1, -0.05) is 0 Å². The topological polar surface area (TPSA) is 0 Å². The first kappa shape index (κ1) is 27.6. The smallest absolute Gasteiger partial charge is 1.00 e. The van der Waals surface area contributed by atoms with Crippen molar-refractivity contribution in [2.75, 3.05) is 0 Å². The molecular formula is C28H32Cl2GeHf. The Hall–Kier alpha value is -0.607. The van der Waals surface area contributed by atoms with E-state index in [1.54, 1.807) is 11.1 Å². The summed E-state index contributed by atoms with van der Waals surface area (Å²) in [5, 5.41) is 0. The summed E-state index contributed by atoms with van der Waals surface area (Å²) < 4.78 is 3.81. The number of hydrogen-bond acceptors (Lipinski definition) is 0. The van der Waals surface area contributed by atoms with Gasteiger partial charge in [0.15, 0.2) is 0 Å². The van der Waals surface area contributed by atoms with E-state index in [4.69, 9.17) is 0 Å². The Morgan fingerprint density at radius 2 is 0.938 bits per heavy atom. The summed E-state index contributed by atoms with van der Waals surface area (Å²) in [4.78, 5) is 0. The van der Waals surface area contributed by atoms with Gasteiger partial charge in [-0.05, 0) is 0 Å². The molecule has 0 amide bonds. The van der Waals surface area contributed by atoms with Crippen molar-refractivity contribution in [2.24, 2.45) is 0 Å². The van der Waals surface area contributed by atoms with Crippen LogP contribution in [0.5, 0.6) is 0 Å². The Labute approximate surface area is 215 Å². The molecule has 32 heavy (non-hydrogen) atoms. The predicted octanol–water partition coefficient (Wildman–Crippen LogP) is 2.00. The molecular weight excluding hydrogens is 658 g/mol. The van der Waals surface area contributed by atoms with Crippen LogP contribution in [0.4, 0.5) is 0 Å². The summed E-state index contributed by atoms with van der Waals surface area (Å²) in [6.45, 7) is 9.18. The van der Waals surface area contributed by atoms with Gasteiger partial charge in [-0.3, -0.25) is 0 Å². The second kappa shape index (κ2) is 11.7. The summed E-state index contributed by atoms with van der Waals surface area (Å²) >= 11 is -1.97. The number of halogens is 2. The second-order valence-corrected chi connectivity index (χ2v) is 47.4. The van der Waals surface area contributed by atoms with Gasteiger partial charge in [0.05, 0.1) is 0 Å². The molecule has 4 rings (SSSR count). The molecule has 0 saturated carbocycles. The molecule has 0 saturated heterocycles. The zero-order chi connectivity index (χ0) is 21.4. The number of benzene rings is 2. The molecule has 0 bridgehead atoms. The van der Waals surface area contributed by atoms with Crippen LogP contribution in [-0.2, 0) is 18.3 Å². The van der Waals surface area contributed by atoms with E-state index in [2.05, 4.69) is 99.9 Å². The van der Waals surface area contributed by atoms with E-state index in [0.29, 0.717) is 0 Å². The van der Waals surface area contributed by atoms with Crippen molar-refractivity contribution >= 4 is 21.2 Å². The SMILES string of the molecule is CC1=[C]([Hf+2]([C]2=C(C)C(c3ccc(C)cc3)=CC2)=[Ge]([CH3])[CH3])CC=C1c1ccc(C)cc1.[Cl-].[Cl-]. The molecule has 0 unspecified atom stereocenters. The van der Waals surface area contributed by atoms with Gasteiger partial charge in [0.2, 0.25) is 0 Å². The molecule has 0 aromatic heterocycles. The van der Waals surface area contributed by atoms with Gasteiger partial charge in [0, 0.05) is 0 Å². The normalized spacial score (nSPS) is 14.9. The fourth-order valence-corrected chi connectivity index (χ4v) is 47.0. The predicted molar refractivity (Wildman–Crippen MR) is 130 cm³/mol. The van der Waals surface area contributed by atoms with Gasteiger partial charge in [0.1, 0.15) is 0 Å². The van der Waals surface area contributed by atoms with Gasteiger partial charge in [-0.2, -0.15) is 0 Å². The maximum absolute atomic E-state index is 2.65. The van der Waals surface area contributed by atoms with Crippen LogP contribution in [0.15, 0.2) is 78.5 Å². The van der Waals surface area contributed by atoms with Crippen molar-refractivity contribution < 1.29 is 43.2 Å². The Bertz CT molecular complexity index is 1070. The Morgan fingerprint density at radius 3 is 1.25 bits per heavy atom. The van der Waals surface area contributed by atoms with Gasteiger partial charge in [-0.15, -0.1) is 0 Å². The molecule has 0 fully saturated rings. The molecule has 4 heteroatoms. The number of aryl methyl sites for hydroxylation is 2. The van der Waals surface area contributed by atoms with Crippen molar-refractivity contribution in [3.05, 3.63) is 101 Å². The van der Waals surface area contributed by atoms with Crippen LogP contribution >= 0.6 is 0 Å². The van der Waals surface area contributed by atoms with Gasteiger partial charge in [0.25, 0.3) is 0 Å². The molecule has 0 nitrogen and oxygen atoms in total. The summed E-state index contributed by atoms with van der Waals surface area (Å²) in [7, 11) is -0.998. The quantitative estimate of drug-likeness (QED) is 0.432. The maximum atomic E-state index is 2.65. The third kappa shape index (κ3) is 5.54. The summed E-state index contributed by atoms with van der Waals surface area (Å²) in [5.74, 6) is 5.30. The van der Waals surface area contributed by atoms with Crippen LogP contribution in [0.2, 0.25) is 11.5 Å².